The smallest absolute Gasteiger partial charge is 0.411 e. The molecule has 0 rings (SSSR count). The summed E-state index contributed by atoms with van der Waals surface area (Å²) in [4.78, 5) is 18.2. The first-order valence-corrected chi connectivity index (χ1v) is 6.98. The maximum absolute atomic E-state index is 12.0. The molecule has 0 aliphatic rings. The average Bonchev–Trinajstić information content (AvgIpc) is 2.36. The third-order valence-corrected chi connectivity index (χ3v) is 2.15. The molecule has 0 aliphatic carbocycles. The molecule has 0 radical (unpaired) electrons. The molecule has 0 aromatic heterocycles. The van der Waals surface area contributed by atoms with Crippen LogP contribution in [0.3, 0.4) is 0 Å². The Labute approximate surface area is 132 Å². The van der Waals surface area contributed by atoms with Crippen molar-refractivity contribution in [2.24, 2.45) is 0 Å². The van der Waals surface area contributed by atoms with E-state index in [-0.39, 0.29) is 25.6 Å². The van der Waals surface area contributed by atoms with Gasteiger partial charge in [-0.2, -0.15) is 0 Å². The van der Waals surface area contributed by atoms with E-state index in [1.165, 1.54) is 4.90 Å². The number of nitrogens with zero attached hydrogens (tertiary/aromatic N) is 1. The lowest BCUT2D eigenvalue weighted by Crippen LogP contribution is -2.42. The maximum Gasteiger partial charge on any atom is 0.411 e. The predicted molar refractivity (Wildman–Crippen MR) is 82.5 cm³/mol. The van der Waals surface area contributed by atoms with Crippen LogP contribution in [0.15, 0.2) is 12.5 Å². The summed E-state index contributed by atoms with van der Waals surface area (Å²) in [5.41, 5.74) is 1.80. The molecule has 0 aromatic carbocycles. The summed E-state index contributed by atoms with van der Waals surface area (Å²) in [6.07, 6.45) is 3.70. The van der Waals surface area contributed by atoms with Crippen molar-refractivity contribution in [1.82, 2.24) is 10.4 Å². The molecule has 0 aliphatic heterocycles. The number of hydrogen-bond donors (Lipinski definition) is 2. The molecule has 7 heteroatoms. The summed E-state index contributed by atoms with van der Waals surface area (Å²) >= 11 is 0. The summed E-state index contributed by atoms with van der Waals surface area (Å²) in [5, 5.41) is 9.88. The van der Waals surface area contributed by atoms with Crippen LogP contribution >= 0.6 is 0 Å². The van der Waals surface area contributed by atoms with Crippen LogP contribution in [0, 0.1) is 12.3 Å². The second-order valence-electron chi connectivity index (χ2n) is 5.49. The lowest BCUT2D eigenvalue weighted by atomic mass is 10.2. The topological polar surface area (TPSA) is 80.3 Å². The van der Waals surface area contributed by atoms with E-state index in [1.54, 1.807) is 27.7 Å². The van der Waals surface area contributed by atoms with Crippen molar-refractivity contribution in [3.63, 3.8) is 0 Å². The van der Waals surface area contributed by atoms with Gasteiger partial charge in [0, 0.05) is 0 Å². The average molecular weight is 314 g/mol. The van der Waals surface area contributed by atoms with Gasteiger partial charge in [0.1, 0.15) is 12.2 Å². The summed E-state index contributed by atoms with van der Waals surface area (Å²) in [5.74, 6) is 2.59. The van der Waals surface area contributed by atoms with E-state index < -0.39 is 17.8 Å². The highest BCUT2D eigenvalue weighted by Crippen LogP contribution is 2.10. The largest absolute Gasteiger partial charge is 0.478 e. The van der Waals surface area contributed by atoms with Crippen LogP contribution < -0.4 is 5.48 Å². The van der Waals surface area contributed by atoms with Gasteiger partial charge in [0.15, 0.2) is 0 Å². The van der Waals surface area contributed by atoms with E-state index >= 15 is 0 Å². The summed E-state index contributed by atoms with van der Waals surface area (Å²) in [7, 11) is 0. The summed E-state index contributed by atoms with van der Waals surface area (Å²) in [6.45, 7) is 11.0. The lowest BCUT2D eigenvalue weighted by molar-refractivity contribution is -0.0409. The second kappa shape index (κ2) is 9.92. The Morgan fingerprint density at radius 1 is 1.50 bits per heavy atom. The molecule has 1 unspecified atom stereocenters. The van der Waals surface area contributed by atoms with Crippen LogP contribution in [0.2, 0.25) is 0 Å². The fourth-order valence-corrected chi connectivity index (χ4v) is 1.37. The van der Waals surface area contributed by atoms with Crippen molar-refractivity contribution in [3.05, 3.63) is 12.5 Å². The third-order valence-electron chi connectivity index (χ3n) is 2.15. The van der Waals surface area contributed by atoms with Crippen LogP contribution in [-0.4, -0.2) is 54.1 Å². The minimum Gasteiger partial charge on any atom is -0.478 e. The minimum atomic E-state index is -0.942. The quantitative estimate of drug-likeness (QED) is 0.379. The van der Waals surface area contributed by atoms with Crippen molar-refractivity contribution in [3.8, 4) is 12.3 Å². The molecular weight excluding hydrogens is 288 g/mol. The number of carbonyl (C=O) groups excluding carboxylic acids is 1. The zero-order valence-corrected chi connectivity index (χ0v) is 13.7. The zero-order valence-electron chi connectivity index (χ0n) is 13.7. The SMILES string of the molecule is C#CCN(CC(O)CONC(=C)OCC)C(=O)OC(C)(C)C. The van der Waals surface area contributed by atoms with E-state index in [2.05, 4.69) is 18.0 Å². The second-order valence-corrected chi connectivity index (χ2v) is 5.49. The van der Waals surface area contributed by atoms with Gasteiger partial charge in [0.2, 0.25) is 5.88 Å². The number of rotatable bonds is 9. The van der Waals surface area contributed by atoms with Crippen molar-refractivity contribution >= 4 is 6.09 Å². The first-order valence-electron chi connectivity index (χ1n) is 6.98. The van der Waals surface area contributed by atoms with Crippen LogP contribution in [0.5, 0.6) is 0 Å². The van der Waals surface area contributed by atoms with Gasteiger partial charge in [-0.25, -0.2) is 10.3 Å². The van der Waals surface area contributed by atoms with Crippen molar-refractivity contribution in [1.29, 1.82) is 0 Å². The zero-order chi connectivity index (χ0) is 17.2. The number of nitrogens with one attached hydrogen (secondary N) is 1. The number of amides is 1. The molecule has 0 bridgehead atoms. The number of aliphatic hydroxyl groups excluding tert-OH is 1. The molecule has 2 N–H and O–H groups in total. The Hall–Kier alpha value is -1.91. The summed E-state index contributed by atoms with van der Waals surface area (Å²) < 4.78 is 10.2. The van der Waals surface area contributed by atoms with Gasteiger partial charge < -0.3 is 14.6 Å². The molecular formula is C15H26N2O5. The van der Waals surface area contributed by atoms with E-state index in [1.807, 2.05) is 0 Å². The molecule has 7 nitrogen and oxygen atoms in total. The lowest BCUT2D eigenvalue weighted by Gasteiger charge is -2.27. The van der Waals surface area contributed by atoms with E-state index in [4.69, 9.17) is 20.7 Å². The summed E-state index contributed by atoms with van der Waals surface area (Å²) in [6, 6.07) is 0. The van der Waals surface area contributed by atoms with E-state index in [0.29, 0.717) is 6.61 Å². The number of hydroxylamine groups is 1. The van der Waals surface area contributed by atoms with Crippen LogP contribution in [0.25, 0.3) is 0 Å². The first-order chi connectivity index (χ1) is 10.2. The predicted octanol–water partition coefficient (Wildman–Crippen LogP) is 1.25. The maximum atomic E-state index is 12.0. The van der Waals surface area contributed by atoms with Gasteiger partial charge in [-0.15, -0.1) is 6.42 Å². The van der Waals surface area contributed by atoms with Crippen molar-refractivity contribution in [2.75, 3.05) is 26.3 Å². The van der Waals surface area contributed by atoms with Crippen molar-refractivity contribution in [2.45, 2.75) is 39.4 Å². The number of carbonyl (C=O) groups is 1. The van der Waals surface area contributed by atoms with Gasteiger partial charge in [0.05, 0.1) is 25.8 Å². The standard InChI is InChI=1S/C15H26N2O5/c1-7-9-17(14(19)22-15(4,5)6)10-13(18)11-21-16-12(3)20-8-2/h1,13,16,18H,3,8-11H2,2,4-6H3. The monoisotopic (exact) mass is 314 g/mol. The molecule has 0 spiro atoms. The molecule has 0 saturated heterocycles. The van der Waals surface area contributed by atoms with E-state index in [9.17, 15) is 9.90 Å². The van der Waals surface area contributed by atoms with Crippen molar-refractivity contribution < 1.29 is 24.2 Å². The van der Waals surface area contributed by atoms with Gasteiger partial charge in [0.25, 0.3) is 0 Å². The van der Waals surface area contributed by atoms with E-state index in [0.717, 1.165) is 0 Å². The Morgan fingerprint density at radius 3 is 2.64 bits per heavy atom. The van der Waals surface area contributed by atoms with Gasteiger partial charge in [-0.3, -0.25) is 9.74 Å². The molecule has 0 heterocycles. The Kier molecular flexibility index (Phi) is 9.06. The molecule has 126 valence electrons. The number of hydrogen-bond acceptors (Lipinski definition) is 6. The highest BCUT2D eigenvalue weighted by Gasteiger charge is 2.23. The fraction of sp³-hybridized carbons (Fsp3) is 0.667. The molecule has 0 saturated carbocycles. The van der Waals surface area contributed by atoms with Crippen LogP contribution in [0.4, 0.5) is 4.79 Å². The Bertz CT molecular complexity index is 398. The fourth-order valence-electron chi connectivity index (χ4n) is 1.37. The van der Waals surface area contributed by atoms with Crippen LogP contribution in [-0.2, 0) is 14.3 Å². The minimum absolute atomic E-state index is 0.0120. The molecule has 1 amide bonds. The van der Waals surface area contributed by atoms with Gasteiger partial charge in [-0.1, -0.05) is 5.92 Å². The highest BCUT2D eigenvalue weighted by atomic mass is 16.7. The number of ether oxygens (including phenoxy) is 2. The highest BCUT2D eigenvalue weighted by molar-refractivity contribution is 5.68. The number of terminal acetylenes is 1. The first kappa shape index (κ1) is 20.1. The number of aliphatic hydroxyl groups is 1. The molecule has 1 atom stereocenters. The molecule has 22 heavy (non-hydrogen) atoms. The Morgan fingerprint density at radius 2 is 2.14 bits per heavy atom. The Balaban J connectivity index is 4.29. The van der Waals surface area contributed by atoms with Crippen LogP contribution in [0.1, 0.15) is 27.7 Å². The molecule has 0 aromatic rings. The van der Waals surface area contributed by atoms with Gasteiger partial charge in [-0.05, 0) is 34.3 Å². The van der Waals surface area contributed by atoms with Gasteiger partial charge >= 0.3 is 6.09 Å². The normalized spacial score (nSPS) is 12.0. The molecule has 0 fully saturated rings. The third kappa shape index (κ3) is 9.91.